The van der Waals surface area contributed by atoms with Gasteiger partial charge in [0.05, 0.1) is 0 Å². The first-order valence-corrected chi connectivity index (χ1v) is 11.0. The molecular formula is C25H32N2O2. The second kappa shape index (κ2) is 9.55. The normalized spacial score (nSPS) is 22.6. The van der Waals surface area contributed by atoms with E-state index in [2.05, 4.69) is 28.4 Å². The summed E-state index contributed by atoms with van der Waals surface area (Å²) in [6.45, 7) is 5.13. The Morgan fingerprint density at radius 1 is 1.07 bits per heavy atom. The van der Waals surface area contributed by atoms with Gasteiger partial charge in [-0.15, -0.1) is 0 Å². The number of nitrogens with zero attached hydrogens (tertiary/aromatic N) is 1. The fourth-order valence-corrected chi connectivity index (χ4v) is 5.00. The number of phenols is 1. The standard InChI is InChI=1S/C25H32N2O2/c28-15-1-2-21-11-14-27(17-19-3-7-24(29)8-4-19)18-25(21)23-6-5-20-9-12-26-13-10-22(20)16-23/h3-8,15-16,21,25-26,29H,1-2,9-14,17-18H2. The molecule has 2 unspecified atom stereocenters. The van der Waals surface area contributed by atoms with Gasteiger partial charge in [0.1, 0.15) is 12.0 Å². The number of hydrogen-bond acceptors (Lipinski definition) is 4. The van der Waals surface area contributed by atoms with Crippen molar-refractivity contribution in [3.8, 4) is 5.75 Å². The Labute approximate surface area is 173 Å². The van der Waals surface area contributed by atoms with Crippen molar-refractivity contribution in [2.75, 3.05) is 26.2 Å². The molecule has 2 atom stereocenters. The van der Waals surface area contributed by atoms with Gasteiger partial charge in [-0.3, -0.25) is 4.90 Å². The van der Waals surface area contributed by atoms with Gasteiger partial charge in [-0.25, -0.2) is 0 Å². The van der Waals surface area contributed by atoms with E-state index < -0.39 is 0 Å². The zero-order chi connectivity index (χ0) is 20.1. The Morgan fingerprint density at radius 2 is 1.86 bits per heavy atom. The van der Waals surface area contributed by atoms with Crippen molar-refractivity contribution in [2.45, 2.75) is 44.6 Å². The van der Waals surface area contributed by atoms with Crippen LogP contribution >= 0.6 is 0 Å². The summed E-state index contributed by atoms with van der Waals surface area (Å²) in [7, 11) is 0. The summed E-state index contributed by atoms with van der Waals surface area (Å²) in [4.78, 5) is 13.5. The van der Waals surface area contributed by atoms with Crippen LogP contribution in [0.4, 0.5) is 0 Å². The maximum atomic E-state index is 11.0. The number of aldehydes is 1. The van der Waals surface area contributed by atoms with E-state index in [0.717, 1.165) is 64.7 Å². The van der Waals surface area contributed by atoms with Crippen molar-refractivity contribution < 1.29 is 9.90 Å². The minimum Gasteiger partial charge on any atom is -0.508 e. The van der Waals surface area contributed by atoms with Gasteiger partial charge in [-0.05, 0) is 91.5 Å². The molecule has 4 rings (SSSR count). The minimum absolute atomic E-state index is 0.318. The molecule has 0 amide bonds. The molecule has 4 heteroatoms. The zero-order valence-electron chi connectivity index (χ0n) is 17.1. The van der Waals surface area contributed by atoms with Gasteiger partial charge in [0.25, 0.3) is 0 Å². The second-order valence-electron chi connectivity index (χ2n) is 8.58. The predicted molar refractivity (Wildman–Crippen MR) is 116 cm³/mol. The number of piperidine rings is 1. The van der Waals surface area contributed by atoms with E-state index in [-0.39, 0.29) is 0 Å². The van der Waals surface area contributed by atoms with Crippen LogP contribution in [-0.4, -0.2) is 42.5 Å². The molecular weight excluding hydrogens is 360 g/mol. The Balaban J connectivity index is 1.53. The summed E-state index contributed by atoms with van der Waals surface area (Å²) in [5, 5.41) is 13.0. The van der Waals surface area contributed by atoms with E-state index >= 15 is 0 Å². The van der Waals surface area contributed by atoms with Crippen LogP contribution in [0.3, 0.4) is 0 Å². The van der Waals surface area contributed by atoms with E-state index in [1.54, 1.807) is 12.1 Å². The lowest BCUT2D eigenvalue weighted by Crippen LogP contribution is -2.39. The van der Waals surface area contributed by atoms with Gasteiger partial charge >= 0.3 is 0 Å². The molecule has 0 bridgehead atoms. The van der Waals surface area contributed by atoms with Crippen LogP contribution in [0.1, 0.15) is 47.4 Å². The highest BCUT2D eigenvalue weighted by atomic mass is 16.3. The lowest BCUT2D eigenvalue weighted by Gasteiger charge is -2.39. The van der Waals surface area contributed by atoms with Crippen molar-refractivity contribution >= 4 is 6.29 Å². The second-order valence-corrected chi connectivity index (χ2v) is 8.58. The molecule has 2 aliphatic rings. The summed E-state index contributed by atoms with van der Waals surface area (Å²) in [5.74, 6) is 1.36. The van der Waals surface area contributed by atoms with E-state index in [1.807, 2.05) is 12.1 Å². The summed E-state index contributed by atoms with van der Waals surface area (Å²) < 4.78 is 0. The van der Waals surface area contributed by atoms with Crippen LogP contribution in [0.2, 0.25) is 0 Å². The van der Waals surface area contributed by atoms with E-state index in [4.69, 9.17) is 0 Å². The Hall–Kier alpha value is -2.17. The molecule has 0 aliphatic carbocycles. The molecule has 0 spiro atoms. The molecule has 2 aliphatic heterocycles. The molecule has 0 radical (unpaired) electrons. The largest absolute Gasteiger partial charge is 0.508 e. The summed E-state index contributed by atoms with van der Waals surface area (Å²) in [6, 6.07) is 14.7. The first-order valence-electron chi connectivity index (χ1n) is 11.0. The highest BCUT2D eigenvalue weighted by molar-refractivity contribution is 5.49. The van der Waals surface area contributed by atoms with Crippen LogP contribution in [0.15, 0.2) is 42.5 Å². The third-order valence-corrected chi connectivity index (χ3v) is 6.64. The first-order chi connectivity index (χ1) is 14.2. The van der Waals surface area contributed by atoms with Crippen molar-refractivity contribution in [1.29, 1.82) is 0 Å². The average Bonchev–Trinajstić information content (AvgIpc) is 2.99. The van der Waals surface area contributed by atoms with Crippen molar-refractivity contribution in [1.82, 2.24) is 10.2 Å². The minimum atomic E-state index is 0.318. The molecule has 0 saturated carbocycles. The number of carbonyl (C=O) groups excluding carboxylic acids is 1. The Kier molecular flexibility index (Phi) is 6.63. The summed E-state index contributed by atoms with van der Waals surface area (Å²) in [5.41, 5.74) is 5.66. The van der Waals surface area contributed by atoms with Gasteiger partial charge in [-0.1, -0.05) is 30.3 Å². The third kappa shape index (κ3) is 5.06. The highest BCUT2D eigenvalue weighted by Crippen LogP contribution is 2.37. The number of fused-ring (bicyclic) bond motifs is 1. The topological polar surface area (TPSA) is 52.6 Å². The SMILES string of the molecule is O=CCCC1CCN(Cc2ccc(O)cc2)CC1c1ccc2c(c1)CCNCC2. The number of likely N-dealkylation sites (tertiary alicyclic amines) is 1. The fourth-order valence-electron chi connectivity index (χ4n) is 5.00. The number of nitrogens with one attached hydrogen (secondary N) is 1. The molecule has 2 heterocycles. The number of benzene rings is 2. The number of hydrogen-bond donors (Lipinski definition) is 2. The predicted octanol–water partition coefficient (Wildman–Crippen LogP) is 3.67. The molecule has 2 N–H and O–H groups in total. The maximum Gasteiger partial charge on any atom is 0.120 e. The van der Waals surface area contributed by atoms with Crippen LogP contribution in [0.25, 0.3) is 0 Å². The number of aromatic hydroxyl groups is 1. The third-order valence-electron chi connectivity index (χ3n) is 6.64. The van der Waals surface area contributed by atoms with Gasteiger partial charge in [0.15, 0.2) is 0 Å². The molecule has 4 nitrogen and oxygen atoms in total. The van der Waals surface area contributed by atoms with E-state index in [9.17, 15) is 9.90 Å². The van der Waals surface area contributed by atoms with E-state index in [0.29, 0.717) is 24.0 Å². The van der Waals surface area contributed by atoms with Crippen molar-refractivity contribution in [3.05, 3.63) is 64.7 Å². The van der Waals surface area contributed by atoms with Crippen LogP contribution in [0.5, 0.6) is 5.75 Å². The number of rotatable bonds is 6. The number of phenolic OH excluding ortho intramolecular Hbond substituents is 1. The molecule has 1 fully saturated rings. The van der Waals surface area contributed by atoms with Gasteiger partial charge in [0, 0.05) is 19.5 Å². The van der Waals surface area contributed by atoms with E-state index in [1.165, 1.54) is 22.3 Å². The van der Waals surface area contributed by atoms with Crippen LogP contribution in [0, 0.1) is 5.92 Å². The fraction of sp³-hybridized carbons (Fsp3) is 0.480. The maximum absolute atomic E-state index is 11.0. The molecule has 29 heavy (non-hydrogen) atoms. The van der Waals surface area contributed by atoms with Crippen molar-refractivity contribution in [3.63, 3.8) is 0 Å². The number of carbonyl (C=O) groups is 1. The van der Waals surface area contributed by atoms with Gasteiger partial charge < -0.3 is 15.2 Å². The zero-order valence-corrected chi connectivity index (χ0v) is 17.1. The molecule has 154 valence electrons. The van der Waals surface area contributed by atoms with Crippen LogP contribution in [-0.2, 0) is 24.2 Å². The monoisotopic (exact) mass is 392 g/mol. The summed E-state index contributed by atoms with van der Waals surface area (Å²) in [6.07, 6.45) is 6.07. The molecule has 2 aromatic carbocycles. The lowest BCUT2D eigenvalue weighted by molar-refractivity contribution is -0.108. The Morgan fingerprint density at radius 3 is 2.66 bits per heavy atom. The van der Waals surface area contributed by atoms with Gasteiger partial charge in [0.2, 0.25) is 0 Å². The Bertz CT molecular complexity index is 818. The average molecular weight is 393 g/mol. The lowest BCUT2D eigenvalue weighted by atomic mass is 9.77. The van der Waals surface area contributed by atoms with Crippen molar-refractivity contribution in [2.24, 2.45) is 5.92 Å². The quantitative estimate of drug-likeness (QED) is 0.737. The summed E-state index contributed by atoms with van der Waals surface area (Å²) >= 11 is 0. The smallest absolute Gasteiger partial charge is 0.120 e. The van der Waals surface area contributed by atoms with Gasteiger partial charge in [-0.2, -0.15) is 0 Å². The van der Waals surface area contributed by atoms with Crippen LogP contribution < -0.4 is 5.32 Å². The molecule has 0 aromatic heterocycles. The highest BCUT2D eigenvalue weighted by Gasteiger charge is 2.30. The first kappa shape index (κ1) is 20.1. The molecule has 1 saturated heterocycles. The molecule has 2 aromatic rings.